The summed E-state index contributed by atoms with van der Waals surface area (Å²) < 4.78 is 1.11. The summed E-state index contributed by atoms with van der Waals surface area (Å²) in [4.78, 5) is 5.39. The van der Waals surface area contributed by atoms with Crippen LogP contribution in [0.2, 0.25) is 5.02 Å². The highest BCUT2D eigenvalue weighted by atomic mass is 79.9. The molecule has 0 saturated heterocycles. The molecular weight excluding hydrogens is 296 g/mol. The third kappa shape index (κ3) is 2.93. The van der Waals surface area contributed by atoms with Gasteiger partial charge in [-0.2, -0.15) is 0 Å². The predicted molar refractivity (Wildman–Crippen MR) is 68.6 cm³/mol. The monoisotopic (exact) mass is 302 g/mol. The number of hydrogen-bond donors (Lipinski definition) is 1. The van der Waals surface area contributed by atoms with E-state index in [1.807, 2.05) is 12.1 Å². The van der Waals surface area contributed by atoms with Crippen LogP contribution in [0.4, 0.5) is 5.82 Å². The van der Waals surface area contributed by atoms with Crippen LogP contribution in [-0.4, -0.2) is 4.98 Å². The Labute approximate surface area is 105 Å². The van der Waals surface area contributed by atoms with Crippen molar-refractivity contribution in [2.75, 3.05) is 5.32 Å². The molecule has 0 atom stereocenters. The Morgan fingerprint density at radius 1 is 1.53 bits per heavy atom. The van der Waals surface area contributed by atoms with Gasteiger partial charge in [-0.05, 0) is 34.1 Å². The Bertz CT molecular complexity index is 458. The van der Waals surface area contributed by atoms with Gasteiger partial charge in [-0.25, -0.2) is 4.98 Å². The maximum Gasteiger partial charge on any atom is 0.145 e. The lowest BCUT2D eigenvalue weighted by Gasteiger charge is -2.04. The van der Waals surface area contributed by atoms with Gasteiger partial charge in [-0.3, -0.25) is 0 Å². The molecule has 0 aliphatic heterocycles. The second kappa shape index (κ2) is 4.96. The van der Waals surface area contributed by atoms with E-state index in [0.717, 1.165) is 16.8 Å². The first-order valence-corrected chi connectivity index (χ1v) is 6.38. The van der Waals surface area contributed by atoms with Crippen LogP contribution < -0.4 is 5.32 Å². The minimum Gasteiger partial charge on any atom is -0.364 e. The summed E-state index contributed by atoms with van der Waals surface area (Å²) in [6, 6.07) is 5.71. The molecule has 0 bridgehead atoms. The van der Waals surface area contributed by atoms with Crippen LogP contribution in [0.1, 0.15) is 4.88 Å². The Morgan fingerprint density at radius 3 is 3.07 bits per heavy atom. The van der Waals surface area contributed by atoms with Gasteiger partial charge in [0, 0.05) is 20.9 Å². The van der Waals surface area contributed by atoms with Crippen molar-refractivity contribution in [3.8, 4) is 0 Å². The average Bonchev–Trinajstić information content (AvgIpc) is 2.63. The molecule has 0 amide bonds. The van der Waals surface area contributed by atoms with Crippen molar-refractivity contribution in [1.82, 2.24) is 4.98 Å². The van der Waals surface area contributed by atoms with Crippen molar-refractivity contribution in [2.24, 2.45) is 0 Å². The molecule has 0 spiro atoms. The molecule has 5 heteroatoms. The number of halogens is 2. The van der Waals surface area contributed by atoms with Crippen LogP contribution in [-0.2, 0) is 6.54 Å². The fraction of sp³-hybridized carbons (Fsp3) is 0.100. The summed E-state index contributed by atoms with van der Waals surface area (Å²) in [5.74, 6) is 0.726. The molecule has 2 aromatic heterocycles. The van der Waals surface area contributed by atoms with Crippen LogP contribution in [0, 0.1) is 0 Å². The minimum atomic E-state index is 0.646. The van der Waals surface area contributed by atoms with Crippen LogP contribution in [0.25, 0.3) is 0 Å². The van der Waals surface area contributed by atoms with Crippen molar-refractivity contribution in [3.05, 3.63) is 44.1 Å². The van der Waals surface area contributed by atoms with E-state index in [4.69, 9.17) is 11.6 Å². The topological polar surface area (TPSA) is 24.9 Å². The quantitative estimate of drug-likeness (QED) is 0.920. The van der Waals surface area contributed by atoms with Gasteiger partial charge in [0.2, 0.25) is 0 Å². The fourth-order valence-electron chi connectivity index (χ4n) is 1.13. The van der Waals surface area contributed by atoms with Gasteiger partial charge in [0.25, 0.3) is 0 Å². The van der Waals surface area contributed by atoms with Crippen molar-refractivity contribution in [1.29, 1.82) is 0 Å². The van der Waals surface area contributed by atoms with E-state index in [-0.39, 0.29) is 0 Å². The van der Waals surface area contributed by atoms with Gasteiger partial charge in [0.15, 0.2) is 0 Å². The Hall–Kier alpha value is -0.580. The predicted octanol–water partition coefficient (Wildman–Crippen LogP) is 4.17. The first-order chi connectivity index (χ1) is 7.25. The van der Waals surface area contributed by atoms with Crippen molar-refractivity contribution < 1.29 is 0 Å². The van der Waals surface area contributed by atoms with Crippen LogP contribution in [0.3, 0.4) is 0 Å². The third-order valence-corrected chi connectivity index (χ3v) is 3.81. The summed E-state index contributed by atoms with van der Waals surface area (Å²) in [7, 11) is 0. The van der Waals surface area contributed by atoms with Crippen molar-refractivity contribution in [2.45, 2.75) is 6.54 Å². The Balaban J connectivity index is 2.02. The summed E-state index contributed by atoms with van der Waals surface area (Å²) in [6.45, 7) is 0.743. The van der Waals surface area contributed by atoms with Gasteiger partial charge in [-0.15, -0.1) is 11.3 Å². The molecule has 2 rings (SSSR count). The zero-order chi connectivity index (χ0) is 10.7. The number of rotatable bonds is 3. The number of anilines is 1. The van der Waals surface area contributed by atoms with Gasteiger partial charge >= 0.3 is 0 Å². The zero-order valence-electron chi connectivity index (χ0n) is 7.71. The van der Waals surface area contributed by atoms with Gasteiger partial charge in [0.05, 0.1) is 11.6 Å². The van der Waals surface area contributed by atoms with Crippen molar-refractivity contribution >= 4 is 44.7 Å². The molecule has 0 aliphatic carbocycles. The zero-order valence-corrected chi connectivity index (χ0v) is 10.9. The molecule has 0 saturated carbocycles. The third-order valence-electron chi connectivity index (χ3n) is 1.81. The summed E-state index contributed by atoms with van der Waals surface area (Å²) in [6.07, 6.45) is 1.72. The molecule has 0 radical (unpaired) electrons. The maximum absolute atomic E-state index is 5.96. The van der Waals surface area contributed by atoms with Gasteiger partial charge < -0.3 is 5.32 Å². The van der Waals surface area contributed by atoms with E-state index in [1.165, 1.54) is 4.88 Å². The fourth-order valence-corrected chi connectivity index (χ4v) is 2.71. The summed E-state index contributed by atoms with van der Waals surface area (Å²) in [5, 5.41) is 5.89. The minimum absolute atomic E-state index is 0.646. The van der Waals surface area contributed by atoms with E-state index in [2.05, 4.69) is 37.7 Å². The molecule has 0 aliphatic rings. The smallest absolute Gasteiger partial charge is 0.145 e. The second-order valence-corrected chi connectivity index (χ2v) is 5.24. The van der Waals surface area contributed by atoms with Gasteiger partial charge in [0.1, 0.15) is 5.82 Å². The number of pyridine rings is 1. The van der Waals surface area contributed by atoms with Crippen LogP contribution in [0.15, 0.2) is 34.2 Å². The van der Waals surface area contributed by atoms with Crippen LogP contribution in [0.5, 0.6) is 0 Å². The molecule has 2 aromatic rings. The normalized spacial score (nSPS) is 10.3. The Morgan fingerprint density at radius 2 is 2.40 bits per heavy atom. The maximum atomic E-state index is 5.96. The highest BCUT2D eigenvalue weighted by molar-refractivity contribution is 9.10. The number of aromatic nitrogens is 1. The number of hydrogen-bond acceptors (Lipinski definition) is 3. The molecule has 2 heterocycles. The molecule has 0 aromatic carbocycles. The lowest BCUT2D eigenvalue weighted by molar-refractivity contribution is 1.14. The molecule has 78 valence electrons. The summed E-state index contributed by atoms with van der Waals surface area (Å²) in [5.41, 5.74) is 0. The van der Waals surface area contributed by atoms with Crippen molar-refractivity contribution in [3.63, 3.8) is 0 Å². The van der Waals surface area contributed by atoms with Crippen LogP contribution >= 0.6 is 38.9 Å². The van der Waals surface area contributed by atoms with E-state index in [0.29, 0.717) is 5.02 Å². The first kappa shape index (κ1) is 10.9. The number of nitrogens with zero attached hydrogens (tertiary/aromatic N) is 1. The molecular formula is C10H8BrClN2S. The highest BCUT2D eigenvalue weighted by Crippen LogP contribution is 2.22. The first-order valence-electron chi connectivity index (χ1n) is 4.33. The number of nitrogens with one attached hydrogen (secondary N) is 1. The van der Waals surface area contributed by atoms with E-state index in [9.17, 15) is 0 Å². The molecule has 2 nitrogen and oxygen atoms in total. The Kier molecular flexibility index (Phi) is 3.61. The van der Waals surface area contributed by atoms with E-state index in [1.54, 1.807) is 17.5 Å². The van der Waals surface area contributed by atoms with E-state index >= 15 is 0 Å². The standard InChI is InChI=1S/C10H8BrClN2S/c11-7-4-8(15-6-7)5-14-10-9(12)2-1-3-13-10/h1-4,6H,5H2,(H,13,14). The average molecular weight is 304 g/mol. The molecule has 15 heavy (non-hydrogen) atoms. The molecule has 0 fully saturated rings. The lowest BCUT2D eigenvalue weighted by Crippen LogP contribution is -1.99. The number of thiophene rings is 1. The summed E-state index contributed by atoms with van der Waals surface area (Å²) >= 11 is 11.1. The highest BCUT2D eigenvalue weighted by Gasteiger charge is 2.01. The lowest BCUT2D eigenvalue weighted by atomic mass is 10.4. The SMILES string of the molecule is Clc1cccnc1NCc1cc(Br)cs1. The largest absolute Gasteiger partial charge is 0.364 e. The molecule has 0 unspecified atom stereocenters. The van der Waals surface area contributed by atoms with Gasteiger partial charge in [-0.1, -0.05) is 11.6 Å². The van der Waals surface area contributed by atoms with E-state index < -0.39 is 0 Å². The second-order valence-electron chi connectivity index (χ2n) is 2.92. The molecule has 1 N–H and O–H groups in total.